The highest BCUT2D eigenvalue weighted by molar-refractivity contribution is 6.11. The van der Waals surface area contributed by atoms with Crippen LogP contribution in [0.15, 0.2) is 78.9 Å². The first kappa shape index (κ1) is 20.9. The fourth-order valence-corrected chi connectivity index (χ4v) is 3.42. The SMILES string of the molecule is O=C(NCc1ccccc1)c1c([N+](=O)[O-])c(NCc2ccccc2)nc2c(F)cccc12. The second-order valence-corrected chi connectivity index (χ2v) is 7.08. The van der Waals surface area contributed by atoms with Crippen LogP contribution < -0.4 is 10.6 Å². The van der Waals surface area contributed by atoms with E-state index in [9.17, 15) is 19.3 Å². The highest BCUT2D eigenvalue weighted by Crippen LogP contribution is 2.34. The van der Waals surface area contributed by atoms with E-state index in [1.54, 1.807) is 0 Å². The van der Waals surface area contributed by atoms with Crippen molar-refractivity contribution in [3.63, 3.8) is 0 Å². The molecule has 1 heterocycles. The maximum atomic E-state index is 14.6. The van der Waals surface area contributed by atoms with Gasteiger partial charge in [0, 0.05) is 18.5 Å². The molecule has 4 aromatic rings. The van der Waals surface area contributed by atoms with Crippen molar-refractivity contribution in [3.8, 4) is 0 Å². The number of anilines is 1. The zero-order valence-electron chi connectivity index (χ0n) is 16.9. The molecule has 0 radical (unpaired) electrons. The highest BCUT2D eigenvalue weighted by Gasteiger charge is 2.30. The standard InChI is InChI=1S/C24H19FN4O3/c25-19-13-7-12-18-20(24(30)27-15-17-10-5-2-6-11-17)22(29(31)32)23(28-21(18)19)26-14-16-8-3-1-4-9-16/h1-13H,14-15H2,(H,26,28)(H,27,30). The van der Waals surface area contributed by atoms with E-state index in [4.69, 9.17) is 0 Å². The van der Waals surface area contributed by atoms with Gasteiger partial charge in [-0.2, -0.15) is 0 Å². The normalized spacial score (nSPS) is 10.7. The van der Waals surface area contributed by atoms with Gasteiger partial charge in [-0.05, 0) is 17.2 Å². The van der Waals surface area contributed by atoms with E-state index in [2.05, 4.69) is 15.6 Å². The monoisotopic (exact) mass is 430 g/mol. The van der Waals surface area contributed by atoms with Crippen LogP contribution in [-0.2, 0) is 13.1 Å². The molecule has 0 saturated heterocycles. The molecule has 0 aliphatic carbocycles. The molecule has 2 N–H and O–H groups in total. The van der Waals surface area contributed by atoms with Gasteiger partial charge in [0.15, 0.2) is 0 Å². The van der Waals surface area contributed by atoms with Gasteiger partial charge in [-0.3, -0.25) is 14.9 Å². The lowest BCUT2D eigenvalue weighted by molar-refractivity contribution is -0.384. The number of hydrogen-bond acceptors (Lipinski definition) is 5. The Morgan fingerprint density at radius 3 is 2.16 bits per heavy atom. The summed E-state index contributed by atoms with van der Waals surface area (Å²) in [7, 11) is 0. The van der Waals surface area contributed by atoms with Crippen molar-refractivity contribution in [2.24, 2.45) is 0 Å². The molecule has 7 nitrogen and oxygen atoms in total. The van der Waals surface area contributed by atoms with Crippen LogP contribution in [0.25, 0.3) is 10.9 Å². The molecule has 160 valence electrons. The van der Waals surface area contributed by atoms with Crippen LogP contribution >= 0.6 is 0 Å². The molecule has 0 aliphatic heterocycles. The number of para-hydroxylation sites is 1. The second kappa shape index (κ2) is 9.22. The number of carbonyl (C=O) groups excluding carboxylic acids is 1. The Morgan fingerprint density at radius 2 is 1.53 bits per heavy atom. The average Bonchev–Trinajstić information content (AvgIpc) is 2.82. The van der Waals surface area contributed by atoms with Crippen molar-refractivity contribution >= 4 is 28.3 Å². The Hall–Kier alpha value is -4.33. The van der Waals surface area contributed by atoms with E-state index in [0.29, 0.717) is 0 Å². The van der Waals surface area contributed by atoms with Crippen molar-refractivity contribution in [3.05, 3.63) is 111 Å². The van der Waals surface area contributed by atoms with Crippen molar-refractivity contribution in [2.75, 3.05) is 5.32 Å². The molecule has 0 saturated carbocycles. The summed E-state index contributed by atoms with van der Waals surface area (Å²) < 4.78 is 14.6. The van der Waals surface area contributed by atoms with Crippen LogP contribution in [-0.4, -0.2) is 15.8 Å². The largest absolute Gasteiger partial charge is 0.360 e. The molecule has 0 aliphatic rings. The summed E-state index contributed by atoms with van der Waals surface area (Å²) in [5.41, 5.74) is 0.844. The summed E-state index contributed by atoms with van der Waals surface area (Å²) in [5, 5.41) is 17.7. The van der Waals surface area contributed by atoms with Crippen molar-refractivity contribution in [1.82, 2.24) is 10.3 Å². The number of aromatic nitrogens is 1. The number of benzene rings is 3. The van der Waals surface area contributed by atoms with E-state index in [0.717, 1.165) is 11.1 Å². The predicted octanol–water partition coefficient (Wildman–Crippen LogP) is 4.82. The molecular weight excluding hydrogens is 411 g/mol. The minimum Gasteiger partial charge on any atom is -0.360 e. The van der Waals surface area contributed by atoms with Crippen LogP contribution in [0.1, 0.15) is 21.5 Å². The summed E-state index contributed by atoms with van der Waals surface area (Å²) in [4.78, 5) is 28.6. The summed E-state index contributed by atoms with van der Waals surface area (Å²) in [6.07, 6.45) is 0. The van der Waals surface area contributed by atoms with Gasteiger partial charge in [-0.1, -0.05) is 72.8 Å². The first-order valence-corrected chi connectivity index (χ1v) is 9.91. The molecule has 0 fully saturated rings. The molecule has 1 aromatic heterocycles. The van der Waals surface area contributed by atoms with E-state index < -0.39 is 22.3 Å². The molecule has 32 heavy (non-hydrogen) atoms. The zero-order chi connectivity index (χ0) is 22.5. The van der Waals surface area contributed by atoms with Gasteiger partial charge in [0.2, 0.25) is 5.82 Å². The Kier molecular flexibility index (Phi) is 6.03. The van der Waals surface area contributed by atoms with Gasteiger partial charge in [-0.25, -0.2) is 9.37 Å². The first-order valence-electron chi connectivity index (χ1n) is 9.91. The van der Waals surface area contributed by atoms with Crippen molar-refractivity contribution in [2.45, 2.75) is 13.1 Å². The molecule has 0 bridgehead atoms. The number of pyridine rings is 1. The number of halogens is 1. The Morgan fingerprint density at radius 1 is 0.906 bits per heavy atom. The minimum atomic E-state index is -0.679. The molecule has 8 heteroatoms. The summed E-state index contributed by atoms with van der Waals surface area (Å²) in [6.45, 7) is 0.391. The van der Waals surface area contributed by atoms with Gasteiger partial charge < -0.3 is 10.6 Å². The van der Waals surface area contributed by atoms with E-state index >= 15 is 0 Å². The van der Waals surface area contributed by atoms with Crippen LogP contribution in [0.3, 0.4) is 0 Å². The zero-order valence-corrected chi connectivity index (χ0v) is 16.9. The van der Waals surface area contributed by atoms with Crippen LogP contribution in [0.4, 0.5) is 15.9 Å². The lowest BCUT2D eigenvalue weighted by Gasteiger charge is -2.13. The van der Waals surface area contributed by atoms with Crippen molar-refractivity contribution < 1.29 is 14.1 Å². The Bertz CT molecular complexity index is 1280. The first-order chi connectivity index (χ1) is 15.5. The molecule has 0 spiro atoms. The summed E-state index contributed by atoms with van der Waals surface area (Å²) in [6, 6.07) is 22.4. The van der Waals surface area contributed by atoms with Gasteiger partial charge in [0.25, 0.3) is 5.91 Å². The molecule has 1 amide bonds. The second-order valence-electron chi connectivity index (χ2n) is 7.08. The van der Waals surface area contributed by atoms with Gasteiger partial charge in [0.1, 0.15) is 16.9 Å². The maximum absolute atomic E-state index is 14.6. The molecule has 4 rings (SSSR count). The van der Waals surface area contributed by atoms with Crippen LogP contribution in [0.2, 0.25) is 0 Å². The Balaban J connectivity index is 1.78. The summed E-state index contributed by atoms with van der Waals surface area (Å²) in [5.74, 6) is -1.51. The topological polar surface area (TPSA) is 97.2 Å². The molecule has 3 aromatic carbocycles. The van der Waals surface area contributed by atoms with E-state index in [1.807, 2.05) is 60.7 Å². The summed E-state index contributed by atoms with van der Waals surface area (Å²) >= 11 is 0. The lowest BCUT2D eigenvalue weighted by Crippen LogP contribution is -2.25. The minimum absolute atomic E-state index is 0.0764. The van der Waals surface area contributed by atoms with E-state index in [-0.39, 0.29) is 35.4 Å². The van der Waals surface area contributed by atoms with Crippen LogP contribution in [0.5, 0.6) is 0 Å². The predicted molar refractivity (Wildman–Crippen MR) is 120 cm³/mol. The van der Waals surface area contributed by atoms with Crippen LogP contribution in [0, 0.1) is 15.9 Å². The Labute approximate surface area is 183 Å². The third kappa shape index (κ3) is 4.39. The van der Waals surface area contributed by atoms with E-state index in [1.165, 1.54) is 18.2 Å². The number of rotatable bonds is 7. The number of nitro groups is 1. The number of amides is 1. The fraction of sp³-hybridized carbons (Fsp3) is 0.0833. The maximum Gasteiger partial charge on any atom is 0.324 e. The highest BCUT2D eigenvalue weighted by atomic mass is 19.1. The number of nitrogens with one attached hydrogen (secondary N) is 2. The lowest BCUT2D eigenvalue weighted by atomic mass is 10.0. The van der Waals surface area contributed by atoms with Gasteiger partial charge >= 0.3 is 5.69 Å². The number of hydrogen-bond donors (Lipinski definition) is 2. The molecule has 0 unspecified atom stereocenters. The van der Waals surface area contributed by atoms with Gasteiger partial charge in [0.05, 0.1) is 4.92 Å². The number of carbonyl (C=O) groups is 1. The third-order valence-electron chi connectivity index (χ3n) is 4.95. The number of nitrogens with zero attached hydrogens (tertiary/aromatic N) is 2. The third-order valence-corrected chi connectivity index (χ3v) is 4.95. The number of fused-ring (bicyclic) bond motifs is 1. The molecular formula is C24H19FN4O3. The quantitative estimate of drug-likeness (QED) is 0.324. The molecule has 0 atom stereocenters. The van der Waals surface area contributed by atoms with Gasteiger partial charge in [-0.15, -0.1) is 0 Å². The van der Waals surface area contributed by atoms with Crippen molar-refractivity contribution in [1.29, 1.82) is 0 Å². The smallest absolute Gasteiger partial charge is 0.324 e. The fourth-order valence-electron chi connectivity index (χ4n) is 3.42. The average molecular weight is 430 g/mol.